The summed E-state index contributed by atoms with van der Waals surface area (Å²) >= 11 is 0. The minimum absolute atomic E-state index is 0.105. The first-order valence-corrected chi connectivity index (χ1v) is 6.45. The van der Waals surface area contributed by atoms with Crippen LogP contribution in [0, 0.1) is 6.92 Å². The molecule has 0 aromatic carbocycles. The summed E-state index contributed by atoms with van der Waals surface area (Å²) in [4.78, 5) is 14.6. The molecule has 1 rings (SSSR count). The van der Waals surface area contributed by atoms with Crippen molar-refractivity contribution in [3.8, 4) is 0 Å². The van der Waals surface area contributed by atoms with Crippen molar-refractivity contribution in [2.45, 2.75) is 52.2 Å². The highest BCUT2D eigenvalue weighted by Crippen LogP contribution is 2.31. The minimum Gasteiger partial charge on any atom is -0.436 e. The normalized spacial score (nSPS) is 12.8. The monoisotopic (exact) mass is 253 g/mol. The zero-order chi connectivity index (χ0) is 13.3. The van der Waals surface area contributed by atoms with Gasteiger partial charge in [0.1, 0.15) is 5.60 Å². The molecule has 0 spiro atoms. The molecule has 0 aliphatic heterocycles. The Morgan fingerprint density at radius 2 is 1.88 bits per heavy atom. The molecule has 0 saturated heterocycles. The number of oxazole rings is 1. The molecule has 0 N–H and O–H groups in total. The number of nitrogens with zero attached hydrogens (tertiary/aromatic N) is 1. The van der Waals surface area contributed by atoms with Crippen LogP contribution in [0.5, 0.6) is 0 Å². The van der Waals surface area contributed by atoms with Crippen LogP contribution < -0.4 is 0 Å². The number of hydrogen-bond donors (Lipinski definition) is 0. The van der Waals surface area contributed by atoms with Crippen LogP contribution >= 0.6 is 0 Å². The van der Waals surface area contributed by atoms with E-state index in [-0.39, 0.29) is 10.9 Å². The number of aromatic nitrogens is 1. The third kappa shape index (κ3) is 3.78. The van der Waals surface area contributed by atoms with Gasteiger partial charge in [0.05, 0.1) is 5.69 Å². The highest BCUT2D eigenvalue weighted by molar-refractivity contribution is 6.31. The van der Waals surface area contributed by atoms with Gasteiger partial charge >= 0.3 is 0 Å². The van der Waals surface area contributed by atoms with Crippen molar-refractivity contribution < 1.29 is 13.6 Å². The number of rotatable bonds is 4. The van der Waals surface area contributed by atoms with E-state index in [1.54, 1.807) is 0 Å². The standard InChI is InChI=1S/C12H19NO3Si/c1-8-10(15-9(7-14)13-8)12(5,6)16-17-11(2,3)4/h7H,1-6H3. The first-order chi connectivity index (χ1) is 7.65. The second kappa shape index (κ2) is 4.74. The lowest BCUT2D eigenvalue weighted by Crippen LogP contribution is -2.27. The first kappa shape index (κ1) is 14.1. The summed E-state index contributed by atoms with van der Waals surface area (Å²) in [5.41, 5.74) is 0.139. The molecule has 1 aromatic heterocycles. The van der Waals surface area contributed by atoms with Crippen LogP contribution in [-0.4, -0.2) is 21.0 Å². The van der Waals surface area contributed by atoms with E-state index in [1.165, 1.54) is 0 Å². The molecule has 1 heterocycles. The smallest absolute Gasteiger partial charge is 0.260 e. The van der Waals surface area contributed by atoms with Gasteiger partial charge in [0.25, 0.3) is 5.89 Å². The molecule has 2 radical (unpaired) electrons. The summed E-state index contributed by atoms with van der Waals surface area (Å²) < 4.78 is 11.3. The van der Waals surface area contributed by atoms with Crippen molar-refractivity contribution in [1.82, 2.24) is 4.98 Å². The summed E-state index contributed by atoms with van der Waals surface area (Å²) in [5.74, 6) is 0.726. The Morgan fingerprint density at radius 3 is 2.29 bits per heavy atom. The van der Waals surface area contributed by atoms with E-state index in [0.29, 0.717) is 27.5 Å². The maximum atomic E-state index is 10.6. The minimum atomic E-state index is -0.565. The van der Waals surface area contributed by atoms with Gasteiger partial charge in [-0.1, -0.05) is 20.8 Å². The Bertz CT molecular complexity index is 404. The molecule has 0 amide bonds. The van der Waals surface area contributed by atoms with Gasteiger partial charge in [0.15, 0.2) is 5.76 Å². The molecule has 0 unspecified atom stereocenters. The average Bonchev–Trinajstić information content (AvgIpc) is 2.57. The molecule has 1 aromatic rings. The van der Waals surface area contributed by atoms with Crippen LogP contribution in [0.1, 0.15) is 56.8 Å². The lowest BCUT2D eigenvalue weighted by atomic mass is 10.1. The van der Waals surface area contributed by atoms with Crippen LogP contribution in [0.4, 0.5) is 0 Å². The predicted molar refractivity (Wildman–Crippen MR) is 66.2 cm³/mol. The van der Waals surface area contributed by atoms with Crippen LogP contribution in [0.25, 0.3) is 0 Å². The molecule has 0 bridgehead atoms. The van der Waals surface area contributed by atoms with Crippen molar-refractivity contribution >= 4 is 16.0 Å². The van der Waals surface area contributed by atoms with E-state index < -0.39 is 5.60 Å². The molecule has 94 valence electrons. The van der Waals surface area contributed by atoms with E-state index in [0.717, 1.165) is 0 Å². The molecule has 4 nitrogen and oxygen atoms in total. The van der Waals surface area contributed by atoms with Gasteiger partial charge in [0.2, 0.25) is 16.0 Å². The topological polar surface area (TPSA) is 52.3 Å². The van der Waals surface area contributed by atoms with Gasteiger partial charge in [-0.15, -0.1) is 0 Å². The fraction of sp³-hybridized carbons (Fsp3) is 0.667. The van der Waals surface area contributed by atoms with Crippen molar-refractivity contribution in [2.24, 2.45) is 0 Å². The molecule has 0 atom stereocenters. The summed E-state index contributed by atoms with van der Waals surface area (Å²) in [7, 11) is 0.349. The predicted octanol–water partition coefficient (Wildman–Crippen LogP) is 2.88. The number of carbonyl (C=O) groups is 1. The molecule has 5 heteroatoms. The van der Waals surface area contributed by atoms with Crippen LogP contribution in [0.15, 0.2) is 4.42 Å². The van der Waals surface area contributed by atoms with Gasteiger partial charge in [-0.25, -0.2) is 4.98 Å². The molecule has 0 aliphatic carbocycles. The van der Waals surface area contributed by atoms with Gasteiger partial charge in [-0.05, 0) is 25.8 Å². The molecule has 17 heavy (non-hydrogen) atoms. The largest absolute Gasteiger partial charge is 0.436 e. The van der Waals surface area contributed by atoms with Crippen LogP contribution in [0.3, 0.4) is 0 Å². The fourth-order valence-corrected chi connectivity index (χ4v) is 2.01. The van der Waals surface area contributed by atoms with E-state index in [2.05, 4.69) is 25.8 Å². The number of carbonyl (C=O) groups excluding carboxylic acids is 1. The summed E-state index contributed by atoms with van der Waals surface area (Å²) in [6.07, 6.45) is 0.610. The van der Waals surface area contributed by atoms with Crippen molar-refractivity contribution in [3.63, 3.8) is 0 Å². The Kier molecular flexibility index (Phi) is 3.94. The van der Waals surface area contributed by atoms with Crippen LogP contribution in [-0.2, 0) is 10.0 Å². The number of aldehydes is 1. The zero-order valence-electron chi connectivity index (χ0n) is 11.2. The Balaban J connectivity index is 2.88. The maximum Gasteiger partial charge on any atom is 0.260 e. The highest BCUT2D eigenvalue weighted by Gasteiger charge is 2.31. The van der Waals surface area contributed by atoms with Gasteiger partial charge in [-0.3, -0.25) is 4.79 Å². The van der Waals surface area contributed by atoms with E-state index >= 15 is 0 Å². The summed E-state index contributed by atoms with van der Waals surface area (Å²) in [5, 5.41) is 0.110. The summed E-state index contributed by atoms with van der Waals surface area (Å²) in [6, 6.07) is 0. The molecular formula is C12H19NO3Si. The van der Waals surface area contributed by atoms with E-state index in [1.807, 2.05) is 20.8 Å². The van der Waals surface area contributed by atoms with Crippen molar-refractivity contribution in [3.05, 3.63) is 17.3 Å². The zero-order valence-corrected chi connectivity index (χ0v) is 12.2. The average molecular weight is 253 g/mol. The second-order valence-corrected chi connectivity index (χ2v) is 7.46. The van der Waals surface area contributed by atoms with Crippen molar-refractivity contribution in [2.75, 3.05) is 0 Å². The van der Waals surface area contributed by atoms with Crippen LogP contribution in [0.2, 0.25) is 5.04 Å². The summed E-state index contributed by atoms with van der Waals surface area (Å²) in [6.45, 7) is 12.0. The highest BCUT2D eigenvalue weighted by atomic mass is 28.2. The second-order valence-electron chi connectivity index (χ2n) is 5.55. The Hall–Kier alpha value is -0.943. The van der Waals surface area contributed by atoms with Gasteiger partial charge in [0, 0.05) is 0 Å². The SMILES string of the molecule is Cc1nc(C=O)oc1C(C)(C)O[Si]C(C)(C)C. The Morgan fingerprint density at radius 1 is 1.29 bits per heavy atom. The molecule has 0 fully saturated rings. The van der Waals surface area contributed by atoms with E-state index in [9.17, 15) is 4.79 Å². The number of aryl methyl sites for hydroxylation is 1. The lowest BCUT2D eigenvalue weighted by Gasteiger charge is -2.27. The third-order valence-corrected chi connectivity index (χ3v) is 3.30. The molecule has 0 aliphatic rings. The number of hydrogen-bond acceptors (Lipinski definition) is 4. The molecular weight excluding hydrogens is 234 g/mol. The lowest BCUT2D eigenvalue weighted by molar-refractivity contribution is 0.0796. The molecule has 0 saturated carbocycles. The fourth-order valence-electron chi connectivity index (χ4n) is 1.35. The van der Waals surface area contributed by atoms with E-state index in [4.69, 9.17) is 8.84 Å². The van der Waals surface area contributed by atoms with Crippen molar-refractivity contribution in [1.29, 1.82) is 0 Å². The first-order valence-electron chi connectivity index (χ1n) is 5.54. The third-order valence-electron chi connectivity index (χ3n) is 2.07. The van der Waals surface area contributed by atoms with Gasteiger partial charge in [-0.2, -0.15) is 0 Å². The maximum absolute atomic E-state index is 10.6. The van der Waals surface area contributed by atoms with Gasteiger partial charge < -0.3 is 8.84 Å². The quantitative estimate of drug-likeness (QED) is 0.611. The Labute approximate surface area is 105 Å².